The highest BCUT2D eigenvalue weighted by Crippen LogP contribution is 2.64. The molecule has 1 heterocycles. The second-order valence-corrected chi connectivity index (χ2v) is 12.0. The van der Waals surface area contributed by atoms with E-state index in [0.29, 0.717) is 5.56 Å². The lowest BCUT2D eigenvalue weighted by atomic mass is 9.64. The van der Waals surface area contributed by atoms with Crippen molar-refractivity contribution in [3.8, 4) is 39.4 Å². The minimum absolute atomic E-state index is 0.545. The number of fused-ring (bicyclic) bond motifs is 9. The van der Waals surface area contributed by atoms with E-state index in [1.54, 1.807) is 0 Å². The minimum atomic E-state index is -0.545. The zero-order valence-corrected chi connectivity index (χ0v) is 25.1. The smallest absolute Gasteiger partial charge is 0.0991 e. The molecule has 1 spiro atoms. The predicted octanol–water partition coefficient (Wildman–Crippen LogP) is 11.0. The average molecular weight is 585 g/mol. The van der Waals surface area contributed by atoms with Crippen molar-refractivity contribution in [3.05, 3.63) is 198 Å². The monoisotopic (exact) mass is 584 g/mol. The number of rotatable bonds is 3. The van der Waals surface area contributed by atoms with Crippen LogP contribution >= 0.6 is 0 Å². The van der Waals surface area contributed by atoms with Gasteiger partial charge in [-0.05, 0) is 104 Å². The van der Waals surface area contributed by atoms with E-state index >= 15 is 0 Å². The molecule has 1 aliphatic carbocycles. The molecule has 1 aliphatic heterocycles. The number of para-hydroxylation sites is 2. The van der Waals surface area contributed by atoms with Crippen LogP contribution in [0.2, 0.25) is 0 Å². The summed E-state index contributed by atoms with van der Waals surface area (Å²) in [6, 6.07) is 63.3. The zero-order chi connectivity index (χ0) is 30.7. The van der Waals surface area contributed by atoms with Crippen molar-refractivity contribution < 1.29 is 0 Å². The molecule has 0 aromatic heterocycles. The molecular formula is C44H28N2. The Bertz CT molecular complexity index is 2170. The fourth-order valence-corrected chi connectivity index (χ4v) is 7.73. The predicted molar refractivity (Wildman–Crippen MR) is 188 cm³/mol. The molecule has 7 aromatic rings. The van der Waals surface area contributed by atoms with Gasteiger partial charge in [0.15, 0.2) is 0 Å². The van der Waals surface area contributed by atoms with Crippen LogP contribution in [0.15, 0.2) is 170 Å². The number of nitriles is 1. The molecule has 0 bridgehead atoms. The van der Waals surface area contributed by atoms with Gasteiger partial charge >= 0.3 is 0 Å². The van der Waals surface area contributed by atoms with Gasteiger partial charge in [0.2, 0.25) is 0 Å². The van der Waals surface area contributed by atoms with Crippen LogP contribution < -0.4 is 4.90 Å². The lowest BCUT2D eigenvalue weighted by Gasteiger charge is -2.45. The van der Waals surface area contributed by atoms with E-state index in [0.717, 1.165) is 17.1 Å². The summed E-state index contributed by atoms with van der Waals surface area (Å²) in [4.78, 5) is 2.36. The Morgan fingerprint density at radius 2 is 0.870 bits per heavy atom. The van der Waals surface area contributed by atoms with Gasteiger partial charge in [-0.25, -0.2) is 0 Å². The van der Waals surface area contributed by atoms with Gasteiger partial charge in [0, 0.05) is 5.69 Å². The van der Waals surface area contributed by atoms with Crippen LogP contribution in [0.3, 0.4) is 0 Å². The summed E-state index contributed by atoms with van der Waals surface area (Å²) in [6.45, 7) is 0. The number of benzene rings is 7. The van der Waals surface area contributed by atoms with E-state index < -0.39 is 5.41 Å². The van der Waals surface area contributed by atoms with Crippen LogP contribution in [-0.4, -0.2) is 0 Å². The van der Waals surface area contributed by atoms with Gasteiger partial charge in [0.1, 0.15) is 0 Å². The maximum Gasteiger partial charge on any atom is 0.0991 e. The largest absolute Gasteiger partial charge is 0.310 e. The lowest BCUT2D eigenvalue weighted by molar-refractivity contribution is 0.753. The molecule has 0 N–H and O–H groups in total. The van der Waals surface area contributed by atoms with Gasteiger partial charge in [-0.3, -0.25) is 0 Å². The van der Waals surface area contributed by atoms with Crippen molar-refractivity contribution in [1.82, 2.24) is 0 Å². The Morgan fingerprint density at radius 3 is 1.35 bits per heavy atom. The Balaban J connectivity index is 1.40. The maximum atomic E-state index is 9.53. The Kier molecular flexibility index (Phi) is 5.82. The van der Waals surface area contributed by atoms with Crippen LogP contribution in [0.25, 0.3) is 33.4 Å². The average Bonchev–Trinajstić information content (AvgIpc) is 3.42. The van der Waals surface area contributed by atoms with E-state index in [4.69, 9.17) is 0 Å². The molecule has 0 saturated carbocycles. The van der Waals surface area contributed by atoms with Crippen molar-refractivity contribution in [2.45, 2.75) is 5.41 Å². The van der Waals surface area contributed by atoms with Crippen LogP contribution in [0.1, 0.15) is 27.8 Å². The minimum Gasteiger partial charge on any atom is -0.310 e. The summed E-state index contributed by atoms with van der Waals surface area (Å²) < 4.78 is 0. The second-order valence-electron chi connectivity index (χ2n) is 12.0. The molecule has 0 fully saturated rings. The van der Waals surface area contributed by atoms with Crippen LogP contribution in [0, 0.1) is 11.3 Å². The van der Waals surface area contributed by atoms with Gasteiger partial charge in [-0.1, -0.05) is 121 Å². The van der Waals surface area contributed by atoms with Gasteiger partial charge in [-0.2, -0.15) is 5.26 Å². The van der Waals surface area contributed by atoms with E-state index in [1.165, 1.54) is 55.6 Å². The first kappa shape index (κ1) is 26.3. The molecule has 0 atom stereocenters. The fraction of sp³-hybridized carbons (Fsp3) is 0.0227. The van der Waals surface area contributed by atoms with Gasteiger partial charge < -0.3 is 4.90 Å². The molecule has 0 radical (unpaired) electrons. The first-order valence-corrected chi connectivity index (χ1v) is 15.7. The van der Waals surface area contributed by atoms with Crippen molar-refractivity contribution in [2.24, 2.45) is 0 Å². The second kappa shape index (κ2) is 10.2. The normalized spacial score (nSPS) is 13.3. The van der Waals surface area contributed by atoms with E-state index in [2.05, 4.69) is 169 Å². The van der Waals surface area contributed by atoms with Crippen molar-refractivity contribution in [2.75, 3.05) is 4.90 Å². The number of hydrogen-bond donors (Lipinski definition) is 0. The molecule has 0 amide bonds. The van der Waals surface area contributed by atoms with Crippen LogP contribution in [0.5, 0.6) is 0 Å². The number of anilines is 3. The third-order valence-electron chi connectivity index (χ3n) is 9.70. The molecule has 2 nitrogen and oxygen atoms in total. The molecule has 0 unspecified atom stereocenters. The van der Waals surface area contributed by atoms with Crippen LogP contribution in [0.4, 0.5) is 17.1 Å². The molecule has 2 heteroatoms. The first-order chi connectivity index (χ1) is 22.8. The molecule has 7 aromatic carbocycles. The highest BCUT2D eigenvalue weighted by atomic mass is 15.2. The standard InChI is InChI=1S/C44H28N2/c45-29-30-19-23-35(24-20-30)46-42-17-9-7-15-38(42)44(39-16-8-10-18-43(39)46)40-27-33(31-11-3-1-4-12-31)21-25-36(40)37-26-22-34(28-41(37)44)32-13-5-2-6-14-32/h1-28H. The molecule has 2 aliphatic rings. The highest BCUT2D eigenvalue weighted by Gasteiger charge is 2.51. The van der Waals surface area contributed by atoms with Gasteiger partial charge in [0.05, 0.1) is 28.4 Å². The lowest BCUT2D eigenvalue weighted by Crippen LogP contribution is -2.36. The summed E-state index contributed by atoms with van der Waals surface area (Å²) in [6.07, 6.45) is 0. The first-order valence-electron chi connectivity index (χ1n) is 15.7. The molecule has 0 saturated heterocycles. The fourth-order valence-electron chi connectivity index (χ4n) is 7.73. The highest BCUT2D eigenvalue weighted by molar-refractivity contribution is 5.97. The Morgan fingerprint density at radius 1 is 0.413 bits per heavy atom. The Labute approximate surface area is 269 Å². The van der Waals surface area contributed by atoms with E-state index in [-0.39, 0.29) is 0 Å². The van der Waals surface area contributed by atoms with Gasteiger partial charge in [-0.15, -0.1) is 0 Å². The van der Waals surface area contributed by atoms with Crippen molar-refractivity contribution >= 4 is 17.1 Å². The summed E-state index contributed by atoms with van der Waals surface area (Å²) >= 11 is 0. The third kappa shape index (κ3) is 3.70. The van der Waals surface area contributed by atoms with Crippen molar-refractivity contribution in [1.29, 1.82) is 5.26 Å². The Hall–Kier alpha value is -6.17. The van der Waals surface area contributed by atoms with E-state index in [9.17, 15) is 5.26 Å². The molecular weight excluding hydrogens is 556 g/mol. The zero-order valence-electron chi connectivity index (χ0n) is 25.1. The molecule has 9 rings (SSSR count). The van der Waals surface area contributed by atoms with Crippen LogP contribution in [-0.2, 0) is 5.41 Å². The molecule has 46 heavy (non-hydrogen) atoms. The van der Waals surface area contributed by atoms with E-state index in [1.807, 2.05) is 12.1 Å². The summed E-state index contributed by atoms with van der Waals surface area (Å²) in [5.74, 6) is 0. The molecule has 214 valence electrons. The third-order valence-corrected chi connectivity index (χ3v) is 9.70. The number of nitrogens with zero attached hydrogens (tertiary/aromatic N) is 2. The number of hydrogen-bond acceptors (Lipinski definition) is 2. The summed E-state index contributed by atoms with van der Waals surface area (Å²) in [5, 5.41) is 9.53. The SMILES string of the molecule is N#Cc1ccc(N2c3ccccc3C3(c4cc(-c5ccccc5)ccc4-c4ccc(-c5ccccc5)cc43)c3ccccc32)cc1. The summed E-state index contributed by atoms with van der Waals surface area (Å²) in [5.41, 5.74) is 15.9. The summed E-state index contributed by atoms with van der Waals surface area (Å²) in [7, 11) is 0. The van der Waals surface area contributed by atoms with Crippen molar-refractivity contribution in [3.63, 3.8) is 0 Å². The quantitative estimate of drug-likeness (QED) is 0.207. The topological polar surface area (TPSA) is 27.0 Å². The maximum absolute atomic E-state index is 9.53. The van der Waals surface area contributed by atoms with Gasteiger partial charge in [0.25, 0.3) is 0 Å².